The van der Waals surface area contributed by atoms with Gasteiger partial charge in [0.25, 0.3) is 5.91 Å². The first kappa shape index (κ1) is 32.0. The monoisotopic (exact) mass is 503 g/mol. The molecule has 36 heavy (non-hydrogen) atoms. The molecule has 1 amide bonds. The van der Waals surface area contributed by atoms with Gasteiger partial charge in [-0.15, -0.1) is 0 Å². The fourth-order valence-corrected chi connectivity index (χ4v) is 4.57. The molecule has 0 fully saturated rings. The van der Waals surface area contributed by atoms with E-state index in [1.165, 1.54) is 116 Å². The number of carbonyl (C=O) groups excluding carboxylic acids is 1. The van der Waals surface area contributed by atoms with Gasteiger partial charge in [-0.2, -0.15) is 0 Å². The van der Waals surface area contributed by atoms with E-state index in [-0.39, 0.29) is 0 Å². The third-order valence-electron chi connectivity index (χ3n) is 6.79. The van der Waals surface area contributed by atoms with Gasteiger partial charge in [0.2, 0.25) is 0 Å². The normalized spacial score (nSPS) is 10.9. The fraction of sp³-hybridized carbons (Fsp3) is 0.742. The average molecular weight is 504 g/mol. The van der Waals surface area contributed by atoms with Crippen LogP contribution in [0.2, 0.25) is 0 Å². The summed E-state index contributed by atoms with van der Waals surface area (Å²) in [5.74, 6) is -0.971. The maximum Gasteiger partial charge on any atom is 0.322 e. The minimum Gasteiger partial charge on any atom is -0.493 e. The van der Waals surface area contributed by atoms with E-state index in [2.05, 4.69) is 12.2 Å². The molecule has 0 radical (unpaired) electrons. The number of hydrogen-bond acceptors (Lipinski definition) is 3. The highest BCUT2D eigenvalue weighted by Gasteiger charge is 2.12. The predicted molar refractivity (Wildman–Crippen MR) is 150 cm³/mol. The second-order valence-electron chi connectivity index (χ2n) is 10.1. The molecular weight excluding hydrogens is 450 g/mol. The fourth-order valence-electron chi connectivity index (χ4n) is 4.57. The lowest BCUT2D eigenvalue weighted by Gasteiger charge is -2.11. The van der Waals surface area contributed by atoms with Gasteiger partial charge < -0.3 is 15.2 Å². The molecule has 0 aliphatic heterocycles. The van der Waals surface area contributed by atoms with Crippen LogP contribution >= 0.6 is 0 Å². The smallest absolute Gasteiger partial charge is 0.322 e. The number of aliphatic carboxylic acids is 1. The molecule has 0 saturated carbocycles. The Kier molecular flexibility index (Phi) is 20.8. The van der Waals surface area contributed by atoms with Gasteiger partial charge >= 0.3 is 5.97 Å². The summed E-state index contributed by atoms with van der Waals surface area (Å²) < 4.78 is 5.79. The number of benzene rings is 1. The van der Waals surface area contributed by atoms with Gasteiger partial charge in [-0.05, 0) is 18.6 Å². The zero-order valence-electron chi connectivity index (χ0n) is 23.0. The largest absolute Gasteiger partial charge is 0.493 e. The van der Waals surface area contributed by atoms with Crippen molar-refractivity contribution in [2.45, 2.75) is 135 Å². The van der Waals surface area contributed by atoms with Crippen molar-refractivity contribution >= 4 is 11.9 Å². The van der Waals surface area contributed by atoms with Crippen LogP contribution < -0.4 is 10.1 Å². The Bertz CT molecular complexity index is 676. The van der Waals surface area contributed by atoms with Crippen LogP contribution in [0, 0.1) is 0 Å². The van der Waals surface area contributed by atoms with Crippen molar-refractivity contribution in [3.63, 3.8) is 0 Å². The Balaban J connectivity index is 1.88. The highest BCUT2D eigenvalue weighted by molar-refractivity contribution is 5.98. The van der Waals surface area contributed by atoms with E-state index in [4.69, 9.17) is 9.84 Å². The Hall–Kier alpha value is -2.04. The van der Waals surface area contributed by atoms with Crippen LogP contribution in [0.5, 0.6) is 5.75 Å². The Morgan fingerprint density at radius 2 is 1.08 bits per heavy atom. The highest BCUT2D eigenvalue weighted by Crippen LogP contribution is 2.19. The second kappa shape index (κ2) is 23.4. The summed E-state index contributed by atoms with van der Waals surface area (Å²) in [7, 11) is 0. The highest BCUT2D eigenvalue weighted by atomic mass is 16.5. The molecule has 5 heteroatoms. The molecule has 0 bridgehead atoms. The number of ether oxygens (including phenoxy) is 1. The lowest BCUT2D eigenvalue weighted by Crippen LogP contribution is -2.29. The molecule has 1 aromatic carbocycles. The Morgan fingerprint density at radius 3 is 1.53 bits per heavy atom. The molecule has 5 nitrogen and oxygen atoms in total. The number of para-hydroxylation sites is 1. The quantitative estimate of drug-likeness (QED) is 0.131. The van der Waals surface area contributed by atoms with Crippen LogP contribution in [0.4, 0.5) is 0 Å². The van der Waals surface area contributed by atoms with Gasteiger partial charge in [0.1, 0.15) is 12.3 Å². The van der Waals surface area contributed by atoms with Crippen LogP contribution in [-0.2, 0) is 4.79 Å². The second-order valence-corrected chi connectivity index (χ2v) is 10.1. The number of nitrogens with one attached hydrogen (secondary N) is 1. The van der Waals surface area contributed by atoms with E-state index < -0.39 is 18.4 Å². The van der Waals surface area contributed by atoms with E-state index in [0.29, 0.717) is 17.9 Å². The minimum absolute atomic E-state index is 0.381. The van der Waals surface area contributed by atoms with Crippen LogP contribution in [-0.4, -0.2) is 30.1 Å². The van der Waals surface area contributed by atoms with Crippen molar-refractivity contribution in [3.8, 4) is 5.75 Å². The molecule has 1 rings (SSSR count). The molecule has 1 aromatic rings. The molecule has 0 unspecified atom stereocenters. The van der Waals surface area contributed by atoms with Gasteiger partial charge in [-0.1, -0.05) is 141 Å². The summed E-state index contributed by atoms with van der Waals surface area (Å²) in [5.41, 5.74) is 0.381. The van der Waals surface area contributed by atoms with E-state index in [1.807, 2.05) is 6.07 Å². The van der Waals surface area contributed by atoms with Gasteiger partial charge in [-0.3, -0.25) is 9.59 Å². The first-order chi connectivity index (χ1) is 17.6. The standard InChI is InChI=1S/C31H53NO4/c1-2-3-4-5-6-7-8-9-10-11-12-13-14-15-16-17-18-19-20-23-26-36-29-25-22-21-24-28(29)31(35)32-27-30(33)34/h21-22,24-25H,2-20,23,26-27H2,1H3,(H,32,35)(H,33,34). The number of carboxylic acid groups (broad SMARTS) is 1. The summed E-state index contributed by atoms with van der Waals surface area (Å²) in [4.78, 5) is 22.8. The van der Waals surface area contributed by atoms with E-state index in [0.717, 1.165) is 12.8 Å². The first-order valence-corrected chi connectivity index (χ1v) is 14.9. The molecule has 0 saturated heterocycles. The number of rotatable bonds is 25. The van der Waals surface area contributed by atoms with Crippen LogP contribution in [0.1, 0.15) is 146 Å². The van der Waals surface area contributed by atoms with E-state index in [9.17, 15) is 9.59 Å². The number of amides is 1. The Labute approximate surface area is 220 Å². The molecule has 0 aliphatic carbocycles. The number of unbranched alkanes of at least 4 members (excludes halogenated alkanes) is 19. The predicted octanol–water partition coefficient (Wildman–Crippen LogP) is 8.70. The van der Waals surface area contributed by atoms with Gasteiger partial charge in [0, 0.05) is 0 Å². The topological polar surface area (TPSA) is 75.6 Å². The Morgan fingerprint density at radius 1 is 0.667 bits per heavy atom. The van der Waals surface area contributed by atoms with E-state index >= 15 is 0 Å². The van der Waals surface area contributed by atoms with Crippen molar-refractivity contribution in [1.29, 1.82) is 0 Å². The molecule has 206 valence electrons. The third-order valence-corrected chi connectivity index (χ3v) is 6.79. The summed E-state index contributed by atoms with van der Waals surface area (Å²) in [6, 6.07) is 6.98. The minimum atomic E-state index is -1.06. The molecular formula is C31H53NO4. The van der Waals surface area contributed by atoms with Crippen LogP contribution in [0.15, 0.2) is 24.3 Å². The molecule has 0 heterocycles. The summed E-state index contributed by atoms with van der Waals surface area (Å²) in [5, 5.41) is 11.1. The van der Waals surface area contributed by atoms with Gasteiger partial charge in [0.15, 0.2) is 0 Å². The first-order valence-electron chi connectivity index (χ1n) is 14.9. The molecule has 0 spiro atoms. The van der Waals surface area contributed by atoms with Crippen molar-refractivity contribution < 1.29 is 19.4 Å². The summed E-state index contributed by atoms with van der Waals surface area (Å²) in [6.07, 6.45) is 27.1. The zero-order valence-corrected chi connectivity index (χ0v) is 23.0. The zero-order chi connectivity index (χ0) is 26.1. The van der Waals surface area contributed by atoms with E-state index in [1.54, 1.807) is 18.2 Å². The maximum absolute atomic E-state index is 12.1. The molecule has 0 aliphatic rings. The number of carboxylic acids is 1. The van der Waals surface area contributed by atoms with Crippen molar-refractivity contribution in [2.75, 3.05) is 13.2 Å². The van der Waals surface area contributed by atoms with Crippen molar-refractivity contribution in [3.05, 3.63) is 29.8 Å². The average Bonchev–Trinajstić information content (AvgIpc) is 2.88. The lowest BCUT2D eigenvalue weighted by molar-refractivity contribution is -0.135. The lowest BCUT2D eigenvalue weighted by atomic mass is 10.0. The number of hydrogen-bond donors (Lipinski definition) is 2. The molecule has 2 N–H and O–H groups in total. The van der Waals surface area contributed by atoms with Crippen LogP contribution in [0.25, 0.3) is 0 Å². The maximum atomic E-state index is 12.1. The van der Waals surface area contributed by atoms with Crippen molar-refractivity contribution in [2.24, 2.45) is 0 Å². The van der Waals surface area contributed by atoms with Gasteiger partial charge in [0.05, 0.1) is 12.2 Å². The molecule has 0 aromatic heterocycles. The third kappa shape index (κ3) is 18.3. The van der Waals surface area contributed by atoms with Crippen molar-refractivity contribution in [1.82, 2.24) is 5.32 Å². The summed E-state index contributed by atoms with van der Waals surface area (Å²) in [6.45, 7) is 2.46. The SMILES string of the molecule is CCCCCCCCCCCCCCCCCCCCCCOc1ccccc1C(=O)NCC(=O)O. The summed E-state index contributed by atoms with van der Waals surface area (Å²) >= 11 is 0. The number of carbonyl (C=O) groups is 2. The van der Waals surface area contributed by atoms with Crippen LogP contribution in [0.3, 0.4) is 0 Å². The molecule has 0 atom stereocenters. The van der Waals surface area contributed by atoms with Gasteiger partial charge in [-0.25, -0.2) is 0 Å².